The van der Waals surface area contributed by atoms with Crippen LogP contribution in [0.4, 0.5) is 0 Å². The summed E-state index contributed by atoms with van der Waals surface area (Å²) >= 11 is 4.64. The van der Waals surface area contributed by atoms with Crippen LogP contribution in [0.3, 0.4) is 0 Å². The van der Waals surface area contributed by atoms with Crippen LogP contribution in [0.1, 0.15) is 6.92 Å². The lowest BCUT2D eigenvalue weighted by Gasteiger charge is -1.77. The largest absolute Gasteiger partial charge is 1.00 e. The number of quaternary nitrogens is 1. The summed E-state index contributed by atoms with van der Waals surface area (Å²) in [5.74, 6) is 0. The number of rotatable bonds is 0. The molecule has 0 bridgehead atoms. The van der Waals surface area contributed by atoms with Gasteiger partial charge in [-0.25, -0.2) is 0 Å². The van der Waals surface area contributed by atoms with Crippen LogP contribution in [0, 0.1) is 0 Å². The highest BCUT2D eigenvalue weighted by Crippen LogP contribution is 1.46. The number of hydrogen-bond acceptors (Lipinski definition) is 1. The fraction of sp³-hybridized carbons (Fsp3) is 0.667. The summed E-state index contributed by atoms with van der Waals surface area (Å²) in [6.45, 7) is 1.90. The van der Waals surface area contributed by atoms with Crippen molar-refractivity contribution >= 4 is 17.2 Å². The van der Waals surface area contributed by atoms with Crippen LogP contribution >= 0.6 is 12.2 Å². The molecule has 0 saturated carbocycles. The second-order valence-electron chi connectivity index (χ2n) is 0.899. The van der Waals surface area contributed by atoms with Gasteiger partial charge in [-0.3, -0.25) is 0 Å². The van der Waals surface area contributed by atoms with Gasteiger partial charge in [0.2, 0.25) is 0 Å². The molecule has 0 spiro atoms. The third kappa shape index (κ3) is 8.84. The number of nitrogens with two attached hydrogens (primary N) is 1. The van der Waals surface area contributed by atoms with E-state index in [0.717, 1.165) is 4.99 Å². The minimum atomic E-state index is 0. The quantitative estimate of drug-likeness (QED) is 0.333. The third-order valence-corrected chi connectivity index (χ3v) is 0.642. The van der Waals surface area contributed by atoms with Gasteiger partial charge in [-0.15, -0.1) is 0 Å². The summed E-state index contributed by atoms with van der Waals surface area (Å²) in [5.41, 5.74) is 0. The Labute approximate surface area is 49.5 Å². The Morgan fingerprint density at radius 2 is 1.83 bits per heavy atom. The number of halogens is 1. The summed E-state index contributed by atoms with van der Waals surface area (Å²) in [6, 6.07) is 0. The van der Waals surface area contributed by atoms with Crippen molar-refractivity contribution in [3.63, 3.8) is 0 Å². The zero-order valence-corrected chi connectivity index (χ0v) is 5.44. The van der Waals surface area contributed by atoms with Gasteiger partial charge in [0, 0.05) is 6.92 Å². The maximum atomic E-state index is 4.64. The lowest BCUT2D eigenvalue weighted by molar-refractivity contribution is -0.502. The van der Waals surface area contributed by atoms with Crippen LogP contribution in [0.2, 0.25) is 0 Å². The molecule has 0 rings (SSSR count). The van der Waals surface area contributed by atoms with Gasteiger partial charge in [-0.05, 0) is 12.2 Å². The predicted molar refractivity (Wildman–Crippen MR) is 26.1 cm³/mol. The van der Waals surface area contributed by atoms with Crippen LogP contribution < -0.4 is 17.7 Å². The van der Waals surface area contributed by atoms with E-state index >= 15 is 0 Å². The Balaban J connectivity index is 0. The zero-order chi connectivity index (χ0) is 4.28. The average molecular weight is 126 g/mol. The second kappa shape index (κ2) is 5.34. The lowest BCUT2D eigenvalue weighted by atomic mass is 10.8. The van der Waals surface area contributed by atoms with Crippen LogP contribution in [-0.2, 0) is 0 Å². The average Bonchev–Trinajstić information content (AvgIpc) is 1.38. The monoisotopic (exact) mass is 125 g/mol. The van der Waals surface area contributed by atoms with Gasteiger partial charge in [-0.1, -0.05) is 0 Å². The SMILES string of the molecule is C[NH2+]C(C)=S.[Cl-]. The van der Waals surface area contributed by atoms with E-state index in [4.69, 9.17) is 0 Å². The van der Waals surface area contributed by atoms with Crippen LogP contribution in [0.25, 0.3) is 0 Å². The van der Waals surface area contributed by atoms with Gasteiger partial charge in [-0.2, -0.15) is 0 Å². The first-order valence-electron chi connectivity index (χ1n) is 1.57. The molecule has 0 atom stereocenters. The van der Waals surface area contributed by atoms with E-state index in [-0.39, 0.29) is 12.4 Å². The normalized spacial score (nSPS) is 6.33. The maximum Gasteiger partial charge on any atom is 0.167 e. The zero-order valence-electron chi connectivity index (χ0n) is 3.86. The van der Waals surface area contributed by atoms with E-state index in [0.29, 0.717) is 0 Å². The Bertz CT molecular complexity index is 46.1. The first kappa shape index (κ1) is 9.60. The van der Waals surface area contributed by atoms with Gasteiger partial charge >= 0.3 is 0 Å². The molecule has 2 N–H and O–H groups in total. The molecule has 0 amide bonds. The van der Waals surface area contributed by atoms with E-state index < -0.39 is 0 Å². The molecular weight excluding hydrogens is 118 g/mol. The van der Waals surface area contributed by atoms with Crippen LogP contribution in [0.5, 0.6) is 0 Å². The molecule has 1 nitrogen and oxygen atoms in total. The minimum Gasteiger partial charge on any atom is -1.00 e. The molecule has 0 heterocycles. The van der Waals surface area contributed by atoms with E-state index in [1.165, 1.54) is 0 Å². The molecule has 0 aliphatic rings. The van der Waals surface area contributed by atoms with Gasteiger partial charge in [0.05, 0.1) is 7.05 Å². The molecule has 0 saturated heterocycles. The summed E-state index contributed by atoms with van der Waals surface area (Å²) < 4.78 is 0. The maximum absolute atomic E-state index is 4.64. The van der Waals surface area contributed by atoms with Crippen molar-refractivity contribution in [2.45, 2.75) is 6.92 Å². The first-order chi connectivity index (χ1) is 2.27. The molecule has 0 fully saturated rings. The summed E-state index contributed by atoms with van der Waals surface area (Å²) in [4.78, 5) is 0.963. The molecular formula is C3H8ClNS. The Morgan fingerprint density at radius 1 is 1.67 bits per heavy atom. The molecule has 0 aliphatic heterocycles. The molecule has 0 unspecified atom stereocenters. The summed E-state index contributed by atoms with van der Waals surface area (Å²) in [6.07, 6.45) is 0. The van der Waals surface area contributed by atoms with Gasteiger partial charge in [0.1, 0.15) is 0 Å². The Kier molecular flexibility index (Phi) is 8.54. The van der Waals surface area contributed by atoms with Gasteiger partial charge in [0.25, 0.3) is 0 Å². The topological polar surface area (TPSA) is 16.6 Å². The Hall–Kier alpha value is 0.340. The van der Waals surface area contributed by atoms with E-state index in [9.17, 15) is 0 Å². The molecule has 6 heavy (non-hydrogen) atoms. The van der Waals surface area contributed by atoms with Gasteiger partial charge in [0.15, 0.2) is 4.99 Å². The Morgan fingerprint density at radius 3 is 1.83 bits per heavy atom. The second-order valence-corrected chi connectivity index (χ2v) is 1.54. The fourth-order valence-corrected chi connectivity index (χ4v) is 0. The standard InChI is InChI=1S/C3H7NS.ClH/c1-3(5)4-2;/h1-2H3,(H,4,5);1H. The van der Waals surface area contributed by atoms with Crippen molar-refractivity contribution in [3.8, 4) is 0 Å². The molecule has 0 aromatic rings. The number of hydrogen-bond donors (Lipinski definition) is 1. The highest BCUT2D eigenvalue weighted by molar-refractivity contribution is 7.79. The van der Waals surface area contributed by atoms with E-state index in [1.54, 1.807) is 0 Å². The molecule has 0 radical (unpaired) electrons. The van der Waals surface area contributed by atoms with Crippen molar-refractivity contribution < 1.29 is 17.7 Å². The highest BCUT2D eigenvalue weighted by Gasteiger charge is 1.73. The lowest BCUT2D eigenvalue weighted by Crippen LogP contribution is -3.00. The smallest absolute Gasteiger partial charge is 0.167 e. The van der Waals surface area contributed by atoms with Crippen molar-refractivity contribution in [1.82, 2.24) is 0 Å². The highest BCUT2D eigenvalue weighted by atomic mass is 35.5. The van der Waals surface area contributed by atoms with Gasteiger partial charge < -0.3 is 17.7 Å². The van der Waals surface area contributed by atoms with Crippen molar-refractivity contribution in [2.24, 2.45) is 0 Å². The molecule has 38 valence electrons. The molecule has 0 aromatic heterocycles. The molecule has 3 heteroatoms. The van der Waals surface area contributed by atoms with Crippen molar-refractivity contribution in [2.75, 3.05) is 7.05 Å². The predicted octanol–water partition coefficient (Wildman–Crippen LogP) is -3.47. The first-order valence-corrected chi connectivity index (χ1v) is 1.98. The fourth-order valence-electron chi connectivity index (χ4n) is 0. The third-order valence-electron chi connectivity index (χ3n) is 0.407. The van der Waals surface area contributed by atoms with Crippen LogP contribution in [-0.4, -0.2) is 12.0 Å². The minimum absolute atomic E-state index is 0. The summed E-state index contributed by atoms with van der Waals surface area (Å²) in [5, 5.41) is 1.90. The van der Waals surface area contributed by atoms with Crippen LogP contribution in [0.15, 0.2) is 0 Å². The molecule has 0 aliphatic carbocycles. The van der Waals surface area contributed by atoms with Crippen molar-refractivity contribution in [1.29, 1.82) is 0 Å². The number of thiocarbonyl (C=S) groups is 1. The summed E-state index contributed by atoms with van der Waals surface area (Å²) in [7, 11) is 1.93. The van der Waals surface area contributed by atoms with Crippen molar-refractivity contribution in [3.05, 3.63) is 0 Å². The van der Waals surface area contributed by atoms with E-state index in [1.807, 2.05) is 19.3 Å². The van der Waals surface area contributed by atoms with E-state index in [2.05, 4.69) is 12.2 Å². The molecule has 0 aromatic carbocycles.